The molecule has 1 aromatic carbocycles. The Morgan fingerprint density at radius 3 is 2.93 bits per heavy atom. The highest BCUT2D eigenvalue weighted by atomic mass is 15.3. The minimum atomic E-state index is 0.633. The van der Waals surface area contributed by atoms with E-state index in [4.69, 9.17) is 5.53 Å². The molecule has 0 amide bonds. The van der Waals surface area contributed by atoms with E-state index in [0.29, 0.717) is 5.82 Å². The van der Waals surface area contributed by atoms with Crippen molar-refractivity contribution in [1.82, 2.24) is 4.98 Å². The molecule has 0 aliphatic heterocycles. The largest absolute Gasteiger partial charge is 0.260 e. The highest BCUT2D eigenvalue weighted by Crippen LogP contribution is 2.14. The molecule has 0 atom stereocenters. The summed E-state index contributed by atoms with van der Waals surface area (Å²) in [5.74, 6) is 0.633. The van der Waals surface area contributed by atoms with Crippen molar-refractivity contribution in [3.63, 3.8) is 0 Å². The van der Waals surface area contributed by atoms with E-state index in [1.165, 1.54) is 0 Å². The second kappa shape index (κ2) is 4.28. The summed E-state index contributed by atoms with van der Waals surface area (Å²) < 4.78 is 0. The van der Waals surface area contributed by atoms with E-state index < -0.39 is 0 Å². The van der Waals surface area contributed by atoms with Crippen molar-refractivity contribution in [3.8, 4) is 0 Å². The van der Waals surface area contributed by atoms with E-state index in [0.717, 1.165) is 17.2 Å². The van der Waals surface area contributed by atoms with Crippen LogP contribution in [0.5, 0.6) is 0 Å². The lowest BCUT2D eigenvalue weighted by Gasteiger charge is -2.00. The number of nitrogens with one attached hydrogen (secondary N) is 2. The quantitative estimate of drug-likeness (QED) is 0.345. The van der Waals surface area contributed by atoms with Gasteiger partial charge in [0.1, 0.15) is 5.82 Å². The van der Waals surface area contributed by atoms with Crippen LogP contribution in [0.15, 0.2) is 46.6 Å². The molecule has 1 aromatic heterocycles. The van der Waals surface area contributed by atoms with Gasteiger partial charge in [-0.2, -0.15) is 5.10 Å². The monoisotopic (exact) mass is 199 g/mol. The van der Waals surface area contributed by atoms with Crippen LogP contribution in [0.25, 0.3) is 10.9 Å². The van der Waals surface area contributed by atoms with Gasteiger partial charge < -0.3 is 0 Å². The van der Waals surface area contributed by atoms with Crippen molar-refractivity contribution >= 4 is 23.1 Å². The Morgan fingerprint density at radius 1 is 1.20 bits per heavy atom. The topological polar surface area (TPSA) is 73.5 Å². The number of hydrogen-bond acceptors (Lipinski definition) is 4. The molecule has 0 spiro atoms. The minimum absolute atomic E-state index is 0.633. The summed E-state index contributed by atoms with van der Waals surface area (Å²) in [5.41, 5.74) is 10.1. The summed E-state index contributed by atoms with van der Waals surface area (Å²) in [6.07, 6.45) is 1.11. The first kappa shape index (κ1) is 9.26. The predicted octanol–water partition coefficient (Wildman–Crippen LogP) is 2.62. The fourth-order valence-corrected chi connectivity index (χ4v) is 1.25. The number of hydrogen-bond donors (Lipinski definition) is 2. The molecule has 5 heteroatoms. The van der Waals surface area contributed by atoms with Crippen molar-refractivity contribution < 1.29 is 0 Å². The Labute approximate surface area is 86.3 Å². The molecule has 0 unspecified atom stereocenters. The number of rotatable bonds is 3. The Morgan fingerprint density at radius 2 is 2.07 bits per heavy atom. The van der Waals surface area contributed by atoms with Gasteiger partial charge in [-0.05, 0) is 18.2 Å². The Bertz CT molecular complexity index is 506. The van der Waals surface area contributed by atoms with Crippen molar-refractivity contribution in [2.45, 2.75) is 0 Å². The van der Waals surface area contributed by atoms with E-state index in [9.17, 15) is 0 Å². The summed E-state index contributed by atoms with van der Waals surface area (Å²) in [7, 11) is 0. The van der Waals surface area contributed by atoms with Gasteiger partial charge in [-0.3, -0.25) is 5.43 Å². The summed E-state index contributed by atoms with van der Waals surface area (Å²) >= 11 is 0. The standard InChI is InChI=1S/C10H9N5/c11-12-7-13-15-10-6-5-8-3-1-2-4-9(8)14-10/h1-7,11H,(H,14,15)/b12-11?,13-7+. The fraction of sp³-hybridized carbons (Fsp3) is 0. The molecule has 2 aromatic rings. The van der Waals surface area contributed by atoms with E-state index >= 15 is 0 Å². The highest BCUT2D eigenvalue weighted by molar-refractivity contribution is 5.80. The van der Waals surface area contributed by atoms with Crippen LogP contribution >= 0.6 is 0 Å². The molecule has 74 valence electrons. The number of pyridine rings is 1. The van der Waals surface area contributed by atoms with Crippen LogP contribution in [0.3, 0.4) is 0 Å². The van der Waals surface area contributed by atoms with Gasteiger partial charge >= 0.3 is 0 Å². The van der Waals surface area contributed by atoms with Crippen molar-refractivity contribution in [1.29, 1.82) is 5.53 Å². The zero-order valence-corrected chi connectivity index (χ0v) is 7.88. The molecule has 2 rings (SSSR count). The number of nitrogens with zero attached hydrogens (tertiary/aromatic N) is 3. The van der Waals surface area contributed by atoms with Crippen LogP contribution in [-0.4, -0.2) is 11.3 Å². The average molecular weight is 199 g/mol. The fourth-order valence-electron chi connectivity index (χ4n) is 1.25. The van der Waals surface area contributed by atoms with E-state index in [2.05, 4.69) is 20.6 Å². The van der Waals surface area contributed by atoms with Gasteiger partial charge in [-0.25, -0.2) is 10.5 Å². The van der Waals surface area contributed by atoms with Crippen molar-refractivity contribution in [2.24, 2.45) is 10.2 Å². The molecular weight excluding hydrogens is 190 g/mol. The molecule has 0 saturated carbocycles. The third kappa shape index (κ3) is 2.14. The van der Waals surface area contributed by atoms with E-state index in [1.54, 1.807) is 0 Å². The minimum Gasteiger partial charge on any atom is -0.260 e. The molecule has 1 heterocycles. The second-order valence-electron chi connectivity index (χ2n) is 2.87. The van der Waals surface area contributed by atoms with Crippen LogP contribution in [0.4, 0.5) is 5.82 Å². The summed E-state index contributed by atoms with van der Waals surface area (Å²) in [4.78, 5) is 4.32. The lowest BCUT2D eigenvalue weighted by Crippen LogP contribution is -1.91. The zero-order valence-electron chi connectivity index (χ0n) is 7.88. The molecule has 0 bridgehead atoms. The van der Waals surface area contributed by atoms with Crippen LogP contribution in [-0.2, 0) is 0 Å². The Hall–Kier alpha value is -2.30. The number of fused-ring (bicyclic) bond motifs is 1. The van der Waals surface area contributed by atoms with Crippen LogP contribution in [0.2, 0.25) is 0 Å². The SMILES string of the molecule is N=N/C=N/Nc1ccc2ccccc2n1. The number of aromatic nitrogens is 1. The van der Waals surface area contributed by atoms with Gasteiger partial charge in [0.05, 0.1) is 5.52 Å². The van der Waals surface area contributed by atoms with Crippen LogP contribution in [0.1, 0.15) is 0 Å². The molecule has 0 aliphatic rings. The smallest absolute Gasteiger partial charge is 0.157 e. The maximum absolute atomic E-state index is 6.51. The lowest BCUT2D eigenvalue weighted by molar-refractivity contribution is 1.18. The maximum Gasteiger partial charge on any atom is 0.157 e. The first-order valence-electron chi connectivity index (χ1n) is 4.40. The van der Waals surface area contributed by atoms with Crippen LogP contribution in [0, 0.1) is 5.53 Å². The number of para-hydroxylation sites is 1. The summed E-state index contributed by atoms with van der Waals surface area (Å²) in [6, 6.07) is 11.6. The summed E-state index contributed by atoms with van der Waals surface area (Å²) in [5, 5.41) is 7.74. The second-order valence-corrected chi connectivity index (χ2v) is 2.87. The molecule has 5 nitrogen and oxygen atoms in total. The molecule has 0 saturated heterocycles. The van der Waals surface area contributed by atoms with Gasteiger partial charge in [-0.1, -0.05) is 18.2 Å². The molecule has 0 radical (unpaired) electrons. The molecule has 0 fully saturated rings. The zero-order chi connectivity index (χ0) is 10.5. The Kier molecular flexibility index (Phi) is 2.64. The van der Waals surface area contributed by atoms with Gasteiger partial charge in [0, 0.05) is 5.39 Å². The molecule has 15 heavy (non-hydrogen) atoms. The van der Waals surface area contributed by atoms with Gasteiger partial charge in [0.15, 0.2) is 6.34 Å². The molecular formula is C10H9N5. The first-order valence-corrected chi connectivity index (χ1v) is 4.40. The first-order chi connectivity index (χ1) is 7.40. The Balaban J connectivity index is 2.30. The van der Waals surface area contributed by atoms with E-state index in [1.807, 2.05) is 36.4 Å². The number of hydrazone groups is 1. The average Bonchev–Trinajstić information content (AvgIpc) is 2.29. The number of anilines is 1. The molecule has 0 aliphatic carbocycles. The third-order valence-electron chi connectivity index (χ3n) is 1.89. The molecule has 2 N–H and O–H groups in total. The third-order valence-corrected chi connectivity index (χ3v) is 1.89. The van der Waals surface area contributed by atoms with Gasteiger partial charge in [0.25, 0.3) is 0 Å². The van der Waals surface area contributed by atoms with Crippen LogP contribution < -0.4 is 5.43 Å². The van der Waals surface area contributed by atoms with E-state index in [-0.39, 0.29) is 0 Å². The maximum atomic E-state index is 6.51. The number of benzene rings is 1. The lowest BCUT2D eigenvalue weighted by atomic mass is 10.2. The van der Waals surface area contributed by atoms with Gasteiger partial charge in [0.2, 0.25) is 0 Å². The summed E-state index contributed by atoms with van der Waals surface area (Å²) in [6.45, 7) is 0. The predicted molar refractivity (Wildman–Crippen MR) is 59.0 cm³/mol. The van der Waals surface area contributed by atoms with Crippen molar-refractivity contribution in [3.05, 3.63) is 36.4 Å². The van der Waals surface area contributed by atoms with Gasteiger partial charge in [-0.15, -0.1) is 5.11 Å². The highest BCUT2D eigenvalue weighted by Gasteiger charge is 1.95. The van der Waals surface area contributed by atoms with Crippen molar-refractivity contribution in [2.75, 3.05) is 5.43 Å². The normalized spacial score (nSPS) is 10.7.